The Balaban J connectivity index is 1.34. The molecule has 1 fully saturated rings. The van der Waals surface area contributed by atoms with E-state index in [4.69, 9.17) is 0 Å². The van der Waals surface area contributed by atoms with Gasteiger partial charge in [-0.05, 0) is 18.2 Å². The number of carbonyl (C=O) groups is 1. The Hall–Kier alpha value is -2.43. The van der Waals surface area contributed by atoms with Crippen molar-refractivity contribution in [3.63, 3.8) is 0 Å². The van der Waals surface area contributed by atoms with Crippen LogP contribution >= 0.6 is 0 Å². The minimum atomic E-state index is 0.277. The van der Waals surface area contributed by atoms with Gasteiger partial charge in [0.05, 0.1) is 0 Å². The minimum absolute atomic E-state index is 0.277. The van der Waals surface area contributed by atoms with Gasteiger partial charge in [0, 0.05) is 52.2 Å². The van der Waals surface area contributed by atoms with Crippen molar-refractivity contribution in [3.05, 3.63) is 77.9 Å². The summed E-state index contributed by atoms with van der Waals surface area (Å²) < 4.78 is 0. The highest BCUT2D eigenvalue weighted by Crippen LogP contribution is 2.07. The van der Waals surface area contributed by atoms with Gasteiger partial charge >= 0.3 is 0 Å². The fourth-order valence-electron chi connectivity index (χ4n) is 3.50. The molecule has 28 heavy (non-hydrogen) atoms. The highest BCUT2D eigenvalue weighted by Gasteiger charge is 2.20. The van der Waals surface area contributed by atoms with Crippen LogP contribution in [0, 0.1) is 0 Å². The molecule has 0 aliphatic carbocycles. The van der Waals surface area contributed by atoms with Gasteiger partial charge < -0.3 is 9.80 Å². The van der Waals surface area contributed by atoms with Gasteiger partial charge in [0.15, 0.2) is 0 Å². The Kier molecular flexibility index (Phi) is 7.82. The van der Waals surface area contributed by atoms with Gasteiger partial charge in [0.25, 0.3) is 0 Å². The molecule has 1 saturated heterocycles. The molecule has 1 aliphatic heterocycles. The Bertz CT molecular complexity index is 737. The summed E-state index contributed by atoms with van der Waals surface area (Å²) in [5.74, 6) is 0.277. The van der Waals surface area contributed by atoms with Crippen LogP contribution in [0.3, 0.4) is 0 Å². The molecule has 4 nitrogen and oxygen atoms in total. The van der Waals surface area contributed by atoms with Crippen LogP contribution in [-0.4, -0.2) is 66.9 Å². The quantitative estimate of drug-likeness (QED) is 0.706. The van der Waals surface area contributed by atoms with Gasteiger partial charge in [-0.2, -0.15) is 0 Å². The molecule has 0 atom stereocenters. The summed E-state index contributed by atoms with van der Waals surface area (Å²) in [5, 5.41) is 0. The van der Waals surface area contributed by atoms with E-state index < -0.39 is 0 Å². The summed E-state index contributed by atoms with van der Waals surface area (Å²) in [4.78, 5) is 19.2. The fourth-order valence-corrected chi connectivity index (χ4v) is 3.50. The third kappa shape index (κ3) is 6.63. The van der Waals surface area contributed by atoms with Crippen molar-refractivity contribution in [2.75, 3.05) is 46.3 Å². The first-order valence-corrected chi connectivity index (χ1v) is 10.1. The number of hydrogen-bond donors (Lipinski definition) is 0. The van der Waals surface area contributed by atoms with Crippen molar-refractivity contribution >= 4 is 12.0 Å². The van der Waals surface area contributed by atoms with Gasteiger partial charge in [-0.3, -0.25) is 9.69 Å². The van der Waals surface area contributed by atoms with E-state index in [1.165, 1.54) is 11.1 Å². The van der Waals surface area contributed by atoms with Crippen LogP contribution in [0.15, 0.2) is 66.7 Å². The predicted molar refractivity (Wildman–Crippen MR) is 116 cm³/mol. The molecule has 0 N–H and O–H groups in total. The lowest BCUT2D eigenvalue weighted by molar-refractivity contribution is -0.133. The van der Waals surface area contributed by atoms with Gasteiger partial charge in [0.1, 0.15) is 0 Å². The topological polar surface area (TPSA) is 26.8 Å². The minimum Gasteiger partial charge on any atom is -0.340 e. The maximum atomic E-state index is 12.5. The molecule has 1 amide bonds. The predicted octanol–water partition coefficient (Wildman–Crippen LogP) is 3.37. The van der Waals surface area contributed by atoms with Crippen LogP contribution < -0.4 is 0 Å². The maximum absolute atomic E-state index is 12.5. The number of piperazine rings is 1. The Morgan fingerprint density at radius 1 is 0.964 bits per heavy atom. The molecule has 1 aliphatic rings. The lowest BCUT2D eigenvalue weighted by atomic mass is 10.2. The molecule has 148 valence electrons. The smallest absolute Gasteiger partial charge is 0.223 e. The molecule has 2 aromatic carbocycles. The highest BCUT2D eigenvalue weighted by atomic mass is 16.2. The number of nitrogens with zero attached hydrogens (tertiary/aromatic N) is 3. The summed E-state index contributed by atoms with van der Waals surface area (Å²) in [6, 6.07) is 20.8. The van der Waals surface area contributed by atoms with E-state index >= 15 is 0 Å². The van der Waals surface area contributed by atoms with E-state index in [2.05, 4.69) is 77.5 Å². The van der Waals surface area contributed by atoms with E-state index in [-0.39, 0.29) is 5.91 Å². The molecule has 0 radical (unpaired) electrons. The monoisotopic (exact) mass is 377 g/mol. The summed E-state index contributed by atoms with van der Waals surface area (Å²) in [6.07, 6.45) is 4.97. The molecule has 0 bridgehead atoms. The first-order valence-electron chi connectivity index (χ1n) is 10.1. The van der Waals surface area contributed by atoms with E-state index in [0.29, 0.717) is 6.42 Å². The lowest BCUT2D eigenvalue weighted by Crippen LogP contribution is -2.49. The molecule has 0 aromatic heterocycles. The van der Waals surface area contributed by atoms with Crippen molar-refractivity contribution in [1.82, 2.24) is 14.7 Å². The van der Waals surface area contributed by atoms with Crippen LogP contribution in [0.5, 0.6) is 0 Å². The standard InChI is InChI=1S/C24H31N3O/c1-25(21-23-11-6-3-7-12-23)16-14-24(28)27-19-17-26(18-20-27)15-8-13-22-9-4-2-5-10-22/h2-13H,14-21H2,1H3/b13-8+. The van der Waals surface area contributed by atoms with Crippen molar-refractivity contribution < 1.29 is 4.79 Å². The van der Waals surface area contributed by atoms with Crippen LogP contribution in [-0.2, 0) is 11.3 Å². The van der Waals surface area contributed by atoms with Crippen LogP contribution in [0.2, 0.25) is 0 Å². The number of hydrogen-bond acceptors (Lipinski definition) is 3. The summed E-state index contributed by atoms with van der Waals surface area (Å²) >= 11 is 0. The Labute approximate surface area is 169 Å². The van der Waals surface area contributed by atoms with Crippen molar-refractivity contribution in [2.24, 2.45) is 0 Å². The molecule has 0 spiro atoms. The zero-order valence-corrected chi connectivity index (χ0v) is 16.8. The number of carbonyl (C=O) groups excluding carboxylic acids is 1. The molecular weight excluding hydrogens is 346 g/mol. The number of amides is 1. The first kappa shape index (κ1) is 20.3. The third-order valence-electron chi connectivity index (χ3n) is 5.20. The lowest BCUT2D eigenvalue weighted by Gasteiger charge is -2.34. The molecule has 2 aromatic rings. The first-order chi connectivity index (χ1) is 13.7. The number of rotatable bonds is 8. The van der Waals surface area contributed by atoms with Gasteiger partial charge in [-0.1, -0.05) is 72.8 Å². The molecule has 4 heteroatoms. The van der Waals surface area contributed by atoms with E-state index in [9.17, 15) is 4.79 Å². The summed E-state index contributed by atoms with van der Waals surface area (Å²) in [5.41, 5.74) is 2.52. The molecule has 0 saturated carbocycles. The molecule has 3 rings (SSSR count). The zero-order valence-electron chi connectivity index (χ0n) is 16.8. The van der Waals surface area contributed by atoms with Crippen molar-refractivity contribution in [2.45, 2.75) is 13.0 Å². The Morgan fingerprint density at radius 3 is 2.29 bits per heavy atom. The van der Waals surface area contributed by atoms with Gasteiger partial charge in [-0.15, -0.1) is 0 Å². The summed E-state index contributed by atoms with van der Waals surface area (Å²) in [7, 11) is 2.08. The second-order valence-corrected chi connectivity index (χ2v) is 7.47. The zero-order chi connectivity index (χ0) is 19.6. The molecule has 0 unspecified atom stereocenters. The second-order valence-electron chi connectivity index (χ2n) is 7.47. The largest absolute Gasteiger partial charge is 0.340 e. The highest BCUT2D eigenvalue weighted by molar-refractivity contribution is 5.76. The van der Waals surface area contributed by atoms with Gasteiger partial charge in [0.2, 0.25) is 5.91 Å². The summed E-state index contributed by atoms with van der Waals surface area (Å²) in [6.45, 7) is 6.19. The SMILES string of the molecule is CN(CCC(=O)N1CCN(C/C=C/c2ccccc2)CC1)Cc1ccccc1. The van der Waals surface area contributed by atoms with Gasteiger partial charge in [-0.25, -0.2) is 0 Å². The fraction of sp³-hybridized carbons (Fsp3) is 0.375. The average molecular weight is 378 g/mol. The Morgan fingerprint density at radius 2 is 1.61 bits per heavy atom. The van der Waals surface area contributed by atoms with E-state index in [1.807, 2.05) is 17.0 Å². The third-order valence-corrected chi connectivity index (χ3v) is 5.20. The normalized spacial score (nSPS) is 15.4. The average Bonchev–Trinajstić information content (AvgIpc) is 2.74. The van der Waals surface area contributed by atoms with Crippen LogP contribution in [0.1, 0.15) is 17.5 Å². The van der Waals surface area contributed by atoms with Crippen LogP contribution in [0.25, 0.3) is 6.08 Å². The molecule has 1 heterocycles. The maximum Gasteiger partial charge on any atom is 0.223 e. The van der Waals surface area contributed by atoms with Crippen molar-refractivity contribution in [1.29, 1.82) is 0 Å². The number of benzene rings is 2. The van der Waals surface area contributed by atoms with E-state index in [1.54, 1.807) is 0 Å². The van der Waals surface area contributed by atoms with Crippen LogP contribution in [0.4, 0.5) is 0 Å². The van der Waals surface area contributed by atoms with Crippen molar-refractivity contribution in [3.8, 4) is 0 Å². The van der Waals surface area contributed by atoms with E-state index in [0.717, 1.165) is 45.8 Å². The molecular formula is C24H31N3O. The second kappa shape index (κ2) is 10.8.